The molecule has 2 amide bonds. The Kier molecular flexibility index (Phi) is 10.7. The zero-order valence-electron chi connectivity index (χ0n) is 27.0. The number of hydrogen-bond donors (Lipinski definition) is 0. The topological polar surface area (TPSA) is 132 Å². The first kappa shape index (κ1) is 33.2. The SMILES string of the molecule is O=C(COc1ccc(C(=O)CN2CCN(C3CCN(C(=O)OC/C=C4\OC(=O)c5ccccc54)CC3)CC2=O)cc1)OC1CCCCC1. The third-order valence-corrected chi connectivity index (χ3v) is 9.40. The van der Waals surface area contributed by atoms with E-state index >= 15 is 0 Å². The fourth-order valence-electron chi connectivity index (χ4n) is 6.68. The Bertz CT molecular complexity index is 1540. The van der Waals surface area contributed by atoms with E-state index in [1.54, 1.807) is 58.3 Å². The minimum absolute atomic E-state index is 0.00811. The Morgan fingerprint density at radius 2 is 1.58 bits per heavy atom. The molecule has 6 rings (SSSR count). The summed E-state index contributed by atoms with van der Waals surface area (Å²) < 4.78 is 21.7. The van der Waals surface area contributed by atoms with Gasteiger partial charge in [-0.05, 0) is 74.9 Å². The molecule has 3 fully saturated rings. The van der Waals surface area contributed by atoms with Crippen molar-refractivity contribution in [3.63, 3.8) is 0 Å². The summed E-state index contributed by atoms with van der Waals surface area (Å²) in [4.78, 5) is 68.1. The summed E-state index contributed by atoms with van der Waals surface area (Å²) in [5.41, 5.74) is 1.64. The van der Waals surface area contributed by atoms with Crippen molar-refractivity contribution in [1.82, 2.24) is 14.7 Å². The molecule has 2 saturated heterocycles. The number of ether oxygens (including phenoxy) is 4. The number of hydrogen-bond acceptors (Lipinski definition) is 10. The van der Waals surface area contributed by atoms with Gasteiger partial charge in [-0.1, -0.05) is 24.6 Å². The monoisotopic (exact) mass is 659 g/mol. The van der Waals surface area contributed by atoms with Gasteiger partial charge in [0.2, 0.25) is 5.91 Å². The number of fused-ring (bicyclic) bond motifs is 1. The molecule has 2 aromatic rings. The van der Waals surface area contributed by atoms with Crippen LogP contribution in [0.25, 0.3) is 5.76 Å². The van der Waals surface area contributed by atoms with Gasteiger partial charge >= 0.3 is 18.0 Å². The third-order valence-electron chi connectivity index (χ3n) is 9.40. The second kappa shape index (κ2) is 15.5. The van der Waals surface area contributed by atoms with E-state index in [0.29, 0.717) is 67.2 Å². The number of nitrogens with zero attached hydrogens (tertiary/aromatic N) is 3. The van der Waals surface area contributed by atoms with Gasteiger partial charge in [-0.3, -0.25) is 14.5 Å². The molecule has 12 nitrogen and oxygen atoms in total. The van der Waals surface area contributed by atoms with Crippen molar-refractivity contribution < 1.29 is 42.9 Å². The van der Waals surface area contributed by atoms with Crippen LogP contribution in [0, 0.1) is 0 Å². The lowest BCUT2D eigenvalue weighted by atomic mass is 9.98. The summed E-state index contributed by atoms with van der Waals surface area (Å²) in [6, 6.07) is 13.8. The van der Waals surface area contributed by atoms with Crippen LogP contribution >= 0.6 is 0 Å². The predicted octanol–water partition coefficient (Wildman–Crippen LogP) is 4.08. The van der Waals surface area contributed by atoms with E-state index in [1.807, 2.05) is 6.07 Å². The van der Waals surface area contributed by atoms with Crippen molar-refractivity contribution in [3.8, 4) is 5.75 Å². The standard InChI is InChI=1S/C36H41N3O9/c40-31(25-10-12-27(13-11-25)46-24-34(42)47-28-6-2-1-3-7-28)22-39-20-19-38(23-33(39)41)26-14-17-37(18-15-26)36(44)45-21-16-32-29-8-4-5-9-30(29)35(43)48-32/h4-5,8-13,16,26,28H,1-3,6-7,14-15,17-24H2/b32-16-. The Labute approximate surface area is 279 Å². The average Bonchev–Trinajstić information content (AvgIpc) is 3.43. The van der Waals surface area contributed by atoms with E-state index in [-0.39, 0.29) is 56.1 Å². The second-order valence-electron chi connectivity index (χ2n) is 12.6. The van der Waals surface area contributed by atoms with E-state index in [4.69, 9.17) is 18.9 Å². The van der Waals surface area contributed by atoms with Gasteiger partial charge in [0, 0.05) is 43.3 Å². The van der Waals surface area contributed by atoms with Gasteiger partial charge in [0.1, 0.15) is 24.2 Å². The molecule has 48 heavy (non-hydrogen) atoms. The van der Waals surface area contributed by atoms with Crippen molar-refractivity contribution in [2.45, 2.75) is 57.1 Å². The maximum absolute atomic E-state index is 13.0. The number of ketones is 1. The first-order valence-electron chi connectivity index (χ1n) is 16.7. The van der Waals surface area contributed by atoms with Crippen LogP contribution in [-0.4, -0.2) is 109 Å². The molecule has 0 unspecified atom stereocenters. The number of piperazine rings is 1. The Morgan fingerprint density at radius 3 is 2.31 bits per heavy atom. The van der Waals surface area contributed by atoms with Crippen LogP contribution in [0.3, 0.4) is 0 Å². The van der Waals surface area contributed by atoms with Crippen molar-refractivity contribution in [3.05, 3.63) is 71.3 Å². The fraction of sp³-hybridized carbons (Fsp3) is 0.472. The summed E-state index contributed by atoms with van der Waals surface area (Å²) in [6.45, 7) is 2.12. The molecular weight excluding hydrogens is 618 g/mol. The molecule has 0 N–H and O–H groups in total. The zero-order valence-corrected chi connectivity index (χ0v) is 27.0. The number of piperidine rings is 1. The van der Waals surface area contributed by atoms with Crippen molar-refractivity contribution in [1.29, 1.82) is 0 Å². The molecule has 0 atom stereocenters. The van der Waals surface area contributed by atoms with E-state index in [2.05, 4.69) is 4.90 Å². The van der Waals surface area contributed by atoms with Crippen LogP contribution < -0.4 is 4.74 Å². The molecule has 12 heteroatoms. The molecule has 0 spiro atoms. The smallest absolute Gasteiger partial charge is 0.410 e. The second-order valence-corrected chi connectivity index (χ2v) is 12.6. The summed E-state index contributed by atoms with van der Waals surface area (Å²) in [5.74, 6) is -0.221. The van der Waals surface area contributed by atoms with Crippen LogP contribution in [0.2, 0.25) is 0 Å². The van der Waals surface area contributed by atoms with Crippen LogP contribution in [0.1, 0.15) is 71.2 Å². The van der Waals surface area contributed by atoms with Crippen LogP contribution in [0.5, 0.6) is 5.75 Å². The lowest BCUT2D eigenvalue weighted by molar-refractivity contribution is -0.152. The van der Waals surface area contributed by atoms with Crippen molar-refractivity contribution in [2.24, 2.45) is 0 Å². The number of carbonyl (C=O) groups excluding carboxylic acids is 5. The van der Waals surface area contributed by atoms with Gasteiger partial charge in [0.25, 0.3) is 0 Å². The predicted molar refractivity (Wildman–Crippen MR) is 173 cm³/mol. The van der Waals surface area contributed by atoms with E-state index < -0.39 is 12.1 Å². The quantitative estimate of drug-likeness (QED) is 0.209. The highest BCUT2D eigenvalue weighted by Crippen LogP contribution is 2.29. The van der Waals surface area contributed by atoms with Crippen LogP contribution in [-0.2, 0) is 23.8 Å². The first-order chi connectivity index (χ1) is 23.3. The number of likely N-dealkylation sites (tertiary alicyclic amines) is 1. The van der Waals surface area contributed by atoms with Crippen LogP contribution in [0.15, 0.2) is 54.6 Å². The number of benzene rings is 2. The number of rotatable bonds is 10. The molecular formula is C36H41N3O9. The normalized spacial score (nSPS) is 20.0. The molecule has 1 aliphatic carbocycles. The van der Waals surface area contributed by atoms with Gasteiger partial charge in [-0.2, -0.15) is 0 Å². The Morgan fingerprint density at radius 1 is 0.854 bits per heavy atom. The van der Waals surface area contributed by atoms with E-state index in [0.717, 1.165) is 25.7 Å². The van der Waals surface area contributed by atoms with E-state index in [9.17, 15) is 24.0 Å². The minimum Gasteiger partial charge on any atom is -0.482 e. The summed E-state index contributed by atoms with van der Waals surface area (Å²) in [5, 5.41) is 0. The molecule has 0 radical (unpaired) electrons. The Balaban J connectivity index is 0.888. The number of Topliss-reactive ketones (excluding diaryl/α,β-unsaturated/α-hetero) is 1. The average molecular weight is 660 g/mol. The number of esters is 2. The van der Waals surface area contributed by atoms with Crippen molar-refractivity contribution >= 4 is 35.5 Å². The molecule has 254 valence electrons. The lowest BCUT2D eigenvalue weighted by Gasteiger charge is -2.41. The summed E-state index contributed by atoms with van der Waals surface area (Å²) >= 11 is 0. The number of cyclic esters (lactones) is 1. The molecule has 3 aliphatic heterocycles. The molecule has 4 aliphatic rings. The van der Waals surface area contributed by atoms with Gasteiger partial charge in [0.05, 0.1) is 18.7 Å². The van der Waals surface area contributed by atoms with E-state index in [1.165, 1.54) is 6.42 Å². The van der Waals surface area contributed by atoms with Gasteiger partial charge < -0.3 is 28.7 Å². The molecule has 0 bridgehead atoms. The first-order valence-corrected chi connectivity index (χ1v) is 16.7. The minimum atomic E-state index is -0.431. The largest absolute Gasteiger partial charge is 0.482 e. The molecule has 1 saturated carbocycles. The maximum atomic E-state index is 13.0. The van der Waals surface area contributed by atoms with Gasteiger partial charge in [-0.15, -0.1) is 0 Å². The summed E-state index contributed by atoms with van der Waals surface area (Å²) in [6.07, 6.45) is 7.69. The molecule has 2 aromatic carbocycles. The van der Waals surface area contributed by atoms with Gasteiger partial charge in [-0.25, -0.2) is 14.4 Å². The van der Waals surface area contributed by atoms with Crippen molar-refractivity contribution in [2.75, 3.05) is 52.5 Å². The summed E-state index contributed by atoms with van der Waals surface area (Å²) in [7, 11) is 0. The molecule has 0 aromatic heterocycles. The fourth-order valence-corrected chi connectivity index (χ4v) is 6.68. The lowest BCUT2D eigenvalue weighted by Crippen LogP contribution is -2.56. The highest BCUT2D eigenvalue weighted by Gasteiger charge is 2.33. The Hall–Kier alpha value is -4.71. The molecule has 3 heterocycles. The number of amides is 2. The van der Waals surface area contributed by atoms with Gasteiger partial charge in [0.15, 0.2) is 12.4 Å². The highest BCUT2D eigenvalue weighted by atomic mass is 16.6. The maximum Gasteiger partial charge on any atom is 0.410 e. The third kappa shape index (κ3) is 8.22. The zero-order chi connectivity index (χ0) is 33.5. The van der Waals surface area contributed by atoms with Crippen LogP contribution in [0.4, 0.5) is 4.79 Å². The highest BCUT2D eigenvalue weighted by molar-refractivity contribution is 6.03. The number of carbonyl (C=O) groups is 5.